The SMILES string of the molecule is COc1ccc(C)cc1-c1cc(F)ccc1CNC(C)C. The second kappa shape index (κ2) is 6.72. The number of halogens is 1. The summed E-state index contributed by atoms with van der Waals surface area (Å²) in [7, 11) is 1.64. The maximum Gasteiger partial charge on any atom is 0.126 e. The lowest BCUT2D eigenvalue weighted by atomic mass is 9.97. The van der Waals surface area contributed by atoms with Crippen molar-refractivity contribution < 1.29 is 9.13 Å². The predicted octanol–water partition coefficient (Wildman–Crippen LogP) is 4.31. The molecule has 0 heterocycles. The summed E-state index contributed by atoms with van der Waals surface area (Å²) >= 11 is 0. The Bertz CT molecular complexity index is 623. The van der Waals surface area contributed by atoms with Gasteiger partial charge in [0.1, 0.15) is 11.6 Å². The van der Waals surface area contributed by atoms with Crippen LogP contribution in [-0.4, -0.2) is 13.2 Å². The van der Waals surface area contributed by atoms with Crippen LogP contribution >= 0.6 is 0 Å². The van der Waals surface area contributed by atoms with E-state index in [0.717, 1.165) is 28.0 Å². The largest absolute Gasteiger partial charge is 0.496 e. The third-order valence-electron chi connectivity index (χ3n) is 3.42. The van der Waals surface area contributed by atoms with E-state index in [1.807, 2.05) is 31.2 Å². The summed E-state index contributed by atoms with van der Waals surface area (Å²) in [6.45, 7) is 6.91. The van der Waals surface area contributed by atoms with Crippen LogP contribution in [0.15, 0.2) is 36.4 Å². The summed E-state index contributed by atoms with van der Waals surface area (Å²) in [5.74, 6) is 0.527. The molecule has 2 aromatic rings. The fourth-order valence-corrected chi connectivity index (χ4v) is 2.30. The molecule has 3 heteroatoms. The summed E-state index contributed by atoms with van der Waals surface area (Å²) in [5, 5.41) is 3.38. The van der Waals surface area contributed by atoms with E-state index in [2.05, 4.69) is 19.2 Å². The highest BCUT2D eigenvalue weighted by Gasteiger charge is 2.12. The van der Waals surface area contributed by atoms with Crippen molar-refractivity contribution in [3.8, 4) is 16.9 Å². The van der Waals surface area contributed by atoms with Crippen molar-refractivity contribution in [2.75, 3.05) is 7.11 Å². The van der Waals surface area contributed by atoms with Gasteiger partial charge >= 0.3 is 0 Å². The van der Waals surface area contributed by atoms with Gasteiger partial charge in [-0.1, -0.05) is 31.5 Å². The molecule has 0 saturated heterocycles. The zero-order valence-electron chi connectivity index (χ0n) is 13.0. The first-order chi connectivity index (χ1) is 10.0. The van der Waals surface area contributed by atoms with Crippen LogP contribution in [0.1, 0.15) is 25.0 Å². The van der Waals surface area contributed by atoms with Crippen LogP contribution in [0, 0.1) is 12.7 Å². The topological polar surface area (TPSA) is 21.3 Å². The fourth-order valence-electron chi connectivity index (χ4n) is 2.30. The van der Waals surface area contributed by atoms with Crippen molar-refractivity contribution in [3.05, 3.63) is 53.3 Å². The predicted molar refractivity (Wildman–Crippen MR) is 85.1 cm³/mol. The normalized spacial score (nSPS) is 11.0. The number of rotatable bonds is 5. The molecule has 0 fully saturated rings. The number of aryl methyl sites for hydroxylation is 1. The minimum Gasteiger partial charge on any atom is -0.496 e. The van der Waals surface area contributed by atoms with Gasteiger partial charge in [-0.25, -0.2) is 4.39 Å². The van der Waals surface area contributed by atoms with E-state index in [1.54, 1.807) is 13.2 Å². The third kappa shape index (κ3) is 3.82. The quantitative estimate of drug-likeness (QED) is 0.885. The van der Waals surface area contributed by atoms with Crippen molar-refractivity contribution in [3.63, 3.8) is 0 Å². The monoisotopic (exact) mass is 287 g/mol. The molecule has 2 nitrogen and oxygen atoms in total. The van der Waals surface area contributed by atoms with Crippen LogP contribution < -0.4 is 10.1 Å². The molecular weight excluding hydrogens is 265 g/mol. The van der Waals surface area contributed by atoms with Crippen molar-refractivity contribution in [2.45, 2.75) is 33.4 Å². The highest BCUT2D eigenvalue weighted by Crippen LogP contribution is 2.33. The first kappa shape index (κ1) is 15.5. The van der Waals surface area contributed by atoms with Crippen LogP contribution in [-0.2, 0) is 6.54 Å². The molecule has 1 N–H and O–H groups in total. The lowest BCUT2D eigenvalue weighted by Gasteiger charge is -2.16. The molecule has 0 aromatic heterocycles. The first-order valence-corrected chi connectivity index (χ1v) is 7.18. The van der Waals surface area contributed by atoms with E-state index in [-0.39, 0.29) is 5.82 Å². The molecule has 0 unspecified atom stereocenters. The zero-order valence-corrected chi connectivity index (χ0v) is 13.0. The Balaban J connectivity index is 2.51. The van der Waals surface area contributed by atoms with Gasteiger partial charge in [0.15, 0.2) is 0 Å². The number of methoxy groups -OCH3 is 1. The fraction of sp³-hybridized carbons (Fsp3) is 0.333. The molecule has 0 radical (unpaired) electrons. The standard InChI is InChI=1S/C18H22FNO/c1-12(2)20-11-14-6-7-15(19)10-16(14)17-9-13(3)5-8-18(17)21-4/h5-10,12,20H,11H2,1-4H3. The van der Waals surface area contributed by atoms with Gasteiger partial charge in [0.05, 0.1) is 7.11 Å². The second-order valence-corrected chi connectivity index (χ2v) is 5.54. The molecule has 0 aliphatic heterocycles. The average Bonchev–Trinajstić information content (AvgIpc) is 2.45. The summed E-state index contributed by atoms with van der Waals surface area (Å²) < 4.78 is 19.1. The van der Waals surface area contributed by atoms with Gasteiger partial charge in [0.2, 0.25) is 0 Å². The van der Waals surface area contributed by atoms with Crippen molar-refractivity contribution in [1.82, 2.24) is 5.32 Å². The minimum absolute atomic E-state index is 0.234. The van der Waals surface area contributed by atoms with Gasteiger partial charge in [0.25, 0.3) is 0 Å². The van der Waals surface area contributed by atoms with Gasteiger partial charge in [-0.15, -0.1) is 0 Å². The molecule has 112 valence electrons. The Labute approximate surface area is 126 Å². The summed E-state index contributed by atoms with van der Waals surface area (Å²) in [4.78, 5) is 0. The summed E-state index contributed by atoms with van der Waals surface area (Å²) in [5.41, 5.74) is 3.99. The molecule has 0 amide bonds. The Kier molecular flexibility index (Phi) is 4.97. The van der Waals surface area contributed by atoms with Crippen LogP contribution in [0.25, 0.3) is 11.1 Å². The maximum absolute atomic E-state index is 13.7. The maximum atomic E-state index is 13.7. The summed E-state index contributed by atoms with van der Waals surface area (Å²) in [6, 6.07) is 11.2. The second-order valence-electron chi connectivity index (χ2n) is 5.54. The van der Waals surface area contributed by atoms with E-state index in [0.29, 0.717) is 12.6 Å². The number of hydrogen-bond donors (Lipinski definition) is 1. The Morgan fingerprint density at radius 3 is 2.52 bits per heavy atom. The molecule has 0 aliphatic carbocycles. The minimum atomic E-state index is -0.234. The molecule has 2 aromatic carbocycles. The lowest BCUT2D eigenvalue weighted by molar-refractivity contribution is 0.416. The molecule has 21 heavy (non-hydrogen) atoms. The highest BCUT2D eigenvalue weighted by atomic mass is 19.1. The Hall–Kier alpha value is -1.87. The molecule has 0 bridgehead atoms. The van der Waals surface area contributed by atoms with Gasteiger partial charge in [0, 0.05) is 18.2 Å². The Morgan fingerprint density at radius 1 is 1.10 bits per heavy atom. The average molecular weight is 287 g/mol. The van der Waals surface area contributed by atoms with E-state index in [4.69, 9.17) is 4.74 Å². The highest BCUT2D eigenvalue weighted by molar-refractivity contribution is 5.74. The van der Waals surface area contributed by atoms with Gasteiger partial charge in [-0.05, 0) is 42.3 Å². The molecule has 0 saturated carbocycles. The number of ether oxygens (including phenoxy) is 1. The van der Waals surface area contributed by atoms with Crippen LogP contribution in [0.5, 0.6) is 5.75 Å². The van der Waals surface area contributed by atoms with Gasteiger partial charge in [-0.3, -0.25) is 0 Å². The molecule has 2 rings (SSSR count). The number of hydrogen-bond acceptors (Lipinski definition) is 2. The van der Waals surface area contributed by atoms with Crippen molar-refractivity contribution >= 4 is 0 Å². The third-order valence-corrected chi connectivity index (χ3v) is 3.42. The van der Waals surface area contributed by atoms with Crippen LogP contribution in [0.3, 0.4) is 0 Å². The van der Waals surface area contributed by atoms with Gasteiger partial charge < -0.3 is 10.1 Å². The Morgan fingerprint density at radius 2 is 1.86 bits per heavy atom. The lowest BCUT2D eigenvalue weighted by Crippen LogP contribution is -2.22. The summed E-state index contributed by atoms with van der Waals surface area (Å²) in [6.07, 6.45) is 0. The van der Waals surface area contributed by atoms with Gasteiger partial charge in [-0.2, -0.15) is 0 Å². The molecular formula is C18H22FNO. The molecule has 0 aliphatic rings. The zero-order chi connectivity index (χ0) is 15.4. The van der Waals surface area contributed by atoms with E-state index < -0.39 is 0 Å². The molecule has 0 spiro atoms. The van der Waals surface area contributed by atoms with E-state index in [9.17, 15) is 4.39 Å². The first-order valence-electron chi connectivity index (χ1n) is 7.18. The molecule has 0 atom stereocenters. The number of nitrogens with one attached hydrogen (secondary N) is 1. The van der Waals surface area contributed by atoms with Crippen LogP contribution in [0.4, 0.5) is 4.39 Å². The van der Waals surface area contributed by atoms with Crippen LogP contribution in [0.2, 0.25) is 0 Å². The van der Waals surface area contributed by atoms with Crippen molar-refractivity contribution in [2.24, 2.45) is 0 Å². The van der Waals surface area contributed by atoms with Crippen molar-refractivity contribution in [1.29, 1.82) is 0 Å². The van der Waals surface area contributed by atoms with E-state index >= 15 is 0 Å². The van der Waals surface area contributed by atoms with E-state index in [1.165, 1.54) is 6.07 Å². The number of benzene rings is 2. The smallest absolute Gasteiger partial charge is 0.126 e.